The highest BCUT2D eigenvalue weighted by Crippen LogP contribution is 2.28. The molecule has 0 spiro atoms. The van der Waals surface area contributed by atoms with Crippen molar-refractivity contribution >= 4 is 32.7 Å². The Balaban J connectivity index is 1.25. The first kappa shape index (κ1) is 17.8. The Kier molecular flexibility index (Phi) is 4.69. The SMILES string of the molecule is O=C(c1ccc(-c2ccccc2)cc1)N1CCN(c2nc3cccnc3s2)CC1. The number of nitrogens with zero attached hydrogens (tertiary/aromatic N) is 4. The fourth-order valence-electron chi connectivity index (χ4n) is 3.61. The van der Waals surface area contributed by atoms with E-state index in [-0.39, 0.29) is 5.91 Å². The lowest BCUT2D eigenvalue weighted by molar-refractivity contribution is 0.0747. The number of hydrogen-bond donors (Lipinski definition) is 0. The van der Waals surface area contributed by atoms with E-state index in [2.05, 4.69) is 27.0 Å². The first-order valence-electron chi connectivity index (χ1n) is 9.69. The average molecular weight is 401 g/mol. The third-order valence-corrected chi connectivity index (χ3v) is 6.27. The predicted molar refractivity (Wildman–Crippen MR) is 117 cm³/mol. The van der Waals surface area contributed by atoms with Crippen LogP contribution in [0.1, 0.15) is 10.4 Å². The quantitative estimate of drug-likeness (QED) is 0.514. The number of amides is 1. The van der Waals surface area contributed by atoms with Gasteiger partial charge >= 0.3 is 0 Å². The van der Waals surface area contributed by atoms with Gasteiger partial charge in [-0.15, -0.1) is 0 Å². The summed E-state index contributed by atoms with van der Waals surface area (Å²) in [5, 5.41) is 0.984. The maximum absolute atomic E-state index is 12.9. The number of anilines is 1. The van der Waals surface area contributed by atoms with E-state index in [4.69, 9.17) is 0 Å². The predicted octanol–water partition coefficient (Wildman–Crippen LogP) is 4.32. The van der Waals surface area contributed by atoms with Crippen molar-refractivity contribution in [2.24, 2.45) is 0 Å². The minimum absolute atomic E-state index is 0.0928. The summed E-state index contributed by atoms with van der Waals surface area (Å²) in [6, 6.07) is 22.0. The number of aromatic nitrogens is 2. The number of pyridine rings is 1. The van der Waals surface area contributed by atoms with Gasteiger partial charge in [-0.05, 0) is 35.4 Å². The Hall–Kier alpha value is -3.25. The van der Waals surface area contributed by atoms with Gasteiger partial charge in [-0.2, -0.15) is 0 Å². The van der Waals surface area contributed by atoms with E-state index in [9.17, 15) is 4.79 Å². The van der Waals surface area contributed by atoms with Gasteiger partial charge < -0.3 is 9.80 Å². The Bertz CT molecular complexity index is 1100. The first-order valence-corrected chi connectivity index (χ1v) is 10.5. The van der Waals surface area contributed by atoms with Gasteiger partial charge in [-0.3, -0.25) is 4.79 Å². The molecule has 0 bridgehead atoms. The molecule has 0 unspecified atom stereocenters. The van der Waals surface area contributed by atoms with Gasteiger partial charge in [0.25, 0.3) is 5.91 Å². The summed E-state index contributed by atoms with van der Waals surface area (Å²) in [5.41, 5.74) is 3.95. The highest BCUT2D eigenvalue weighted by Gasteiger charge is 2.24. The molecule has 0 saturated carbocycles. The van der Waals surface area contributed by atoms with Crippen LogP contribution in [-0.4, -0.2) is 47.0 Å². The molecule has 1 saturated heterocycles. The number of piperazine rings is 1. The highest BCUT2D eigenvalue weighted by atomic mass is 32.1. The van der Waals surface area contributed by atoms with E-state index in [1.165, 1.54) is 0 Å². The zero-order chi connectivity index (χ0) is 19.6. The van der Waals surface area contributed by atoms with Crippen LogP contribution in [-0.2, 0) is 0 Å². The number of fused-ring (bicyclic) bond motifs is 1. The average Bonchev–Trinajstić information content (AvgIpc) is 3.24. The van der Waals surface area contributed by atoms with Crippen LogP contribution in [0.2, 0.25) is 0 Å². The Morgan fingerprint density at radius 1 is 0.828 bits per heavy atom. The monoisotopic (exact) mass is 400 g/mol. The second kappa shape index (κ2) is 7.64. The normalized spacial score (nSPS) is 14.3. The van der Waals surface area contributed by atoms with E-state index in [0.29, 0.717) is 13.1 Å². The molecule has 144 valence electrons. The second-order valence-corrected chi connectivity index (χ2v) is 8.00. The zero-order valence-electron chi connectivity index (χ0n) is 15.9. The van der Waals surface area contributed by atoms with Crippen molar-refractivity contribution in [3.05, 3.63) is 78.5 Å². The summed E-state index contributed by atoms with van der Waals surface area (Å²) < 4.78 is 0. The molecule has 2 aromatic heterocycles. The van der Waals surface area contributed by atoms with Crippen molar-refractivity contribution in [1.29, 1.82) is 0 Å². The molecule has 1 aliphatic heterocycles. The van der Waals surface area contributed by atoms with Gasteiger partial charge in [0.1, 0.15) is 10.3 Å². The minimum Gasteiger partial charge on any atom is -0.344 e. The van der Waals surface area contributed by atoms with E-state index < -0.39 is 0 Å². The maximum atomic E-state index is 12.9. The van der Waals surface area contributed by atoms with Crippen LogP contribution >= 0.6 is 11.3 Å². The molecule has 2 aromatic carbocycles. The van der Waals surface area contributed by atoms with Gasteiger partial charge in [-0.25, -0.2) is 9.97 Å². The van der Waals surface area contributed by atoms with Crippen LogP contribution in [0.25, 0.3) is 21.5 Å². The summed E-state index contributed by atoms with van der Waals surface area (Å²) in [6.45, 7) is 2.96. The van der Waals surface area contributed by atoms with Crippen LogP contribution < -0.4 is 4.90 Å². The van der Waals surface area contributed by atoms with Crippen molar-refractivity contribution in [1.82, 2.24) is 14.9 Å². The molecule has 1 aliphatic rings. The summed E-state index contributed by atoms with van der Waals surface area (Å²) >= 11 is 1.61. The highest BCUT2D eigenvalue weighted by molar-refractivity contribution is 7.21. The zero-order valence-corrected chi connectivity index (χ0v) is 16.7. The lowest BCUT2D eigenvalue weighted by atomic mass is 10.0. The smallest absolute Gasteiger partial charge is 0.253 e. The summed E-state index contributed by atoms with van der Waals surface area (Å²) in [7, 11) is 0. The maximum Gasteiger partial charge on any atom is 0.253 e. The molecule has 0 radical (unpaired) electrons. The van der Waals surface area contributed by atoms with E-state index >= 15 is 0 Å². The molecule has 3 heterocycles. The third-order valence-electron chi connectivity index (χ3n) is 5.23. The molecule has 0 aliphatic carbocycles. The Labute approximate surface area is 173 Å². The van der Waals surface area contributed by atoms with Gasteiger partial charge in [0.2, 0.25) is 0 Å². The van der Waals surface area contributed by atoms with Crippen molar-refractivity contribution < 1.29 is 4.79 Å². The van der Waals surface area contributed by atoms with Crippen molar-refractivity contribution in [2.45, 2.75) is 0 Å². The summed E-state index contributed by atoms with van der Waals surface area (Å²) in [6.07, 6.45) is 1.80. The molecule has 6 heteroatoms. The lowest BCUT2D eigenvalue weighted by Gasteiger charge is -2.34. The van der Waals surface area contributed by atoms with E-state index in [1.54, 1.807) is 17.5 Å². The Morgan fingerprint density at radius 3 is 2.28 bits per heavy atom. The van der Waals surface area contributed by atoms with Crippen LogP contribution in [0.4, 0.5) is 5.13 Å². The molecule has 0 N–H and O–H groups in total. The molecular weight excluding hydrogens is 380 g/mol. The van der Waals surface area contributed by atoms with Crippen LogP contribution in [0.3, 0.4) is 0 Å². The van der Waals surface area contributed by atoms with Crippen molar-refractivity contribution in [3.63, 3.8) is 0 Å². The van der Waals surface area contributed by atoms with Crippen LogP contribution in [0, 0.1) is 0 Å². The standard InChI is InChI=1S/C23H20N4OS/c28-22(19-10-8-18(9-11-19)17-5-2-1-3-6-17)26-13-15-27(16-14-26)23-25-20-7-4-12-24-21(20)29-23/h1-12H,13-16H2. The fourth-order valence-corrected chi connectivity index (χ4v) is 4.57. The van der Waals surface area contributed by atoms with Crippen molar-refractivity contribution in [2.75, 3.05) is 31.1 Å². The largest absolute Gasteiger partial charge is 0.344 e. The number of hydrogen-bond acceptors (Lipinski definition) is 5. The molecular formula is C23H20N4OS. The minimum atomic E-state index is 0.0928. The number of carbonyl (C=O) groups is 1. The number of benzene rings is 2. The molecule has 1 amide bonds. The molecule has 4 aromatic rings. The van der Waals surface area contributed by atoms with Gasteiger partial charge in [0, 0.05) is 37.9 Å². The number of rotatable bonds is 3. The molecule has 0 atom stereocenters. The summed E-state index contributed by atoms with van der Waals surface area (Å²) in [5.74, 6) is 0.0928. The van der Waals surface area contributed by atoms with E-state index in [0.717, 1.165) is 45.3 Å². The lowest BCUT2D eigenvalue weighted by Crippen LogP contribution is -2.48. The van der Waals surface area contributed by atoms with Crippen LogP contribution in [0.5, 0.6) is 0 Å². The number of carbonyl (C=O) groups excluding carboxylic acids is 1. The van der Waals surface area contributed by atoms with E-state index in [1.807, 2.05) is 59.5 Å². The fraction of sp³-hybridized carbons (Fsp3) is 0.174. The molecule has 5 nitrogen and oxygen atoms in total. The molecule has 5 rings (SSSR count). The summed E-state index contributed by atoms with van der Waals surface area (Å²) in [4.78, 5) is 27.1. The van der Waals surface area contributed by atoms with Gasteiger partial charge in [0.05, 0.1) is 0 Å². The molecule has 29 heavy (non-hydrogen) atoms. The van der Waals surface area contributed by atoms with Crippen LogP contribution in [0.15, 0.2) is 72.9 Å². The molecule has 1 fully saturated rings. The second-order valence-electron chi connectivity index (χ2n) is 7.05. The van der Waals surface area contributed by atoms with Gasteiger partial charge in [-0.1, -0.05) is 53.8 Å². The first-order chi connectivity index (χ1) is 14.3. The number of thiazole rings is 1. The van der Waals surface area contributed by atoms with Gasteiger partial charge in [0.15, 0.2) is 5.13 Å². The third kappa shape index (κ3) is 3.59. The Morgan fingerprint density at radius 2 is 1.55 bits per heavy atom. The topological polar surface area (TPSA) is 49.3 Å². The van der Waals surface area contributed by atoms with Crippen molar-refractivity contribution in [3.8, 4) is 11.1 Å².